The molecule has 0 aliphatic heterocycles. The molecule has 0 aliphatic carbocycles. The van der Waals surface area contributed by atoms with Crippen molar-refractivity contribution in [3.8, 4) is 0 Å². The van der Waals surface area contributed by atoms with Gasteiger partial charge < -0.3 is 14.2 Å². The standard InChI is InChI=1S/C75H124O6/c1-4-7-10-13-16-19-22-25-28-31-33-35-37-39-41-44-47-50-53-56-59-62-65-68-74(77)80-71-72(70-79-73(76)67-64-61-58-55-52-49-46-43-30-27-24-21-18-15-12-9-6-3)81-75(78)69-66-63-60-57-54-51-48-45-42-40-38-36-34-32-29-26-23-20-17-14-11-8-5-2/h7,10,16,19,23,25-28,30,32-35,38-41,47,50,56,59,72H,4-6,8-9,11-15,17-18,20-22,24,29,31,36-37,42-46,48-49,51-55,57-58,60-71H2,1-3H3/b10-7-,19-16-,26-23-,28-25-,30-27-,34-32-,35-33-,40-38-,41-39-,50-47-,59-56-. The Kier molecular flexibility index (Phi) is 64.3. The summed E-state index contributed by atoms with van der Waals surface area (Å²) in [5.74, 6) is -0.973. The van der Waals surface area contributed by atoms with Crippen LogP contribution in [0.5, 0.6) is 0 Å². The fourth-order valence-electron chi connectivity index (χ4n) is 9.08. The Morgan fingerprint density at radius 1 is 0.259 bits per heavy atom. The molecule has 0 rings (SSSR count). The summed E-state index contributed by atoms with van der Waals surface area (Å²) < 4.78 is 16.9. The van der Waals surface area contributed by atoms with Crippen molar-refractivity contribution in [2.45, 2.75) is 309 Å². The monoisotopic (exact) mass is 1120 g/mol. The highest BCUT2D eigenvalue weighted by atomic mass is 16.6. The molecule has 0 saturated carbocycles. The van der Waals surface area contributed by atoms with Crippen molar-refractivity contribution in [3.63, 3.8) is 0 Å². The number of hydrogen-bond donors (Lipinski definition) is 0. The van der Waals surface area contributed by atoms with Crippen molar-refractivity contribution in [3.05, 3.63) is 134 Å². The highest BCUT2D eigenvalue weighted by Gasteiger charge is 2.19. The first kappa shape index (κ1) is 76.5. The van der Waals surface area contributed by atoms with Crippen LogP contribution < -0.4 is 0 Å². The van der Waals surface area contributed by atoms with Gasteiger partial charge in [0, 0.05) is 19.3 Å². The molecule has 6 nitrogen and oxygen atoms in total. The molecule has 1 unspecified atom stereocenters. The van der Waals surface area contributed by atoms with Gasteiger partial charge in [-0.1, -0.05) is 283 Å². The lowest BCUT2D eigenvalue weighted by Crippen LogP contribution is -2.30. The molecule has 460 valence electrons. The van der Waals surface area contributed by atoms with E-state index >= 15 is 0 Å². The molecule has 0 aromatic carbocycles. The molecule has 81 heavy (non-hydrogen) atoms. The van der Waals surface area contributed by atoms with Crippen molar-refractivity contribution >= 4 is 17.9 Å². The Hall–Kier alpha value is -4.45. The van der Waals surface area contributed by atoms with Crippen LogP contribution in [0.25, 0.3) is 0 Å². The van der Waals surface area contributed by atoms with Gasteiger partial charge in [-0.05, 0) is 135 Å². The number of ether oxygens (including phenoxy) is 3. The van der Waals surface area contributed by atoms with Gasteiger partial charge in [0.1, 0.15) is 13.2 Å². The Labute approximate surface area is 500 Å². The van der Waals surface area contributed by atoms with Crippen LogP contribution >= 0.6 is 0 Å². The van der Waals surface area contributed by atoms with Gasteiger partial charge >= 0.3 is 17.9 Å². The van der Waals surface area contributed by atoms with Crippen LogP contribution in [-0.2, 0) is 28.6 Å². The molecule has 0 N–H and O–H groups in total. The largest absolute Gasteiger partial charge is 0.462 e. The Morgan fingerprint density at radius 3 is 0.815 bits per heavy atom. The summed E-state index contributed by atoms with van der Waals surface area (Å²) in [5, 5.41) is 0. The van der Waals surface area contributed by atoms with E-state index in [4.69, 9.17) is 14.2 Å². The van der Waals surface area contributed by atoms with Gasteiger partial charge in [0.05, 0.1) is 0 Å². The SMILES string of the molecule is CC/C=C\C/C=C\C/C=C\C/C=C\C/C=C\C/C=C\C/C=C\CCCC(=O)OCC(COC(=O)CCCCCCCCC/C=C\CCCCCCCC)OC(=O)CCCCCCCCCC/C=C\C/C=C\C/C=C\CCCCCCC. The minimum atomic E-state index is -0.814. The number of hydrogen-bond acceptors (Lipinski definition) is 6. The third kappa shape index (κ3) is 66.2. The lowest BCUT2D eigenvalue weighted by atomic mass is 10.1. The number of allylic oxidation sites excluding steroid dienone is 22. The lowest BCUT2D eigenvalue weighted by Gasteiger charge is -2.18. The summed E-state index contributed by atoms with van der Waals surface area (Å²) >= 11 is 0. The smallest absolute Gasteiger partial charge is 0.306 e. The number of carbonyl (C=O) groups is 3. The van der Waals surface area contributed by atoms with E-state index in [9.17, 15) is 14.4 Å². The molecule has 0 saturated heterocycles. The molecule has 0 fully saturated rings. The van der Waals surface area contributed by atoms with Crippen LogP contribution in [0.15, 0.2) is 134 Å². The average Bonchev–Trinajstić information content (AvgIpc) is 3.47. The van der Waals surface area contributed by atoms with Crippen molar-refractivity contribution in [1.82, 2.24) is 0 Å². The lowest BCUT2D eigenvalue weighted by molar-refractivity contribution is -0.167. The summed E-state index contributed by atoms with van der Waals surface area (Å²) in [6.07, 6.45) is 96.0. The maximum atomic E-state index is 12.9. The second-order valence-electron chi connectivity index (χ2n) is 22.0. The number of carbonyl (C=O) groups excluding carboxylic acids is 3. The molecule has 0 amide bonds. The molecule has 6 heteroatoms. The topological polar surface area (TPSA) is 78.9 Å². The zero-order valence-electron chi connectivity index (χ0n) is 52.8. The molecular formula is C75H124O6. The van der Waals surface area contributed by atoms with Crippen LogP contribution in [0.1, 0.15) is 303 Å². The second kappa shape index (κ2) is 68.1. The Morgan fingerprint density at radius 2 is 0.494 bits per heavy atom. The van der Waals surface area contributed by atoms with Crippen LogP contribution in [0.2, 0.25) is 0 Å². The van der Waals surface area contributed by atoms with Gasteiger partial charge in [0.2, 0.25) is 0 Å². The van der Waals surface area contributed by atoms with Crippen molar-refractivity contribution < 1.29 is 28.6 Å². The van der Waals surface area contributed by atoms with E-state index in [0.717, 1.165) is 109 Å². The first-order valence-electron chi connectivity index (χ1n) is 33.7. The average molecular weight is 1120 g/mol. The number of unbranched alkanes of at least 4 members (excludes halogenated alkanes) is 27. The molecule has 0 bridgehead atoms. The maximum Gasteiger partial charge on any atom is 0.306 e. The Bertz CT molecular complexity index is 1720. The third-order valence-electron chi connectivity index (χ3n) is 14.1. The fraction of sp³-hybridized carbons (Fsp3) is 0.667. The summed E-state index contributed by atoms with van der Waals surface area (Å²) in [4.78, 5) is 38.4. The molecule has 0 spiro atoms. The zero-order chi connectivity index (χ0) is 58.5. The van der Waals surface area contributed by atoms with Gasteiger partial charge in [-0.25, -0.2) is 0 Å². The van der Waals surface area contributed by atoms with Crippen molar-refractivity contribution in [2.75, 3.05) is 13.2 Å². The second-order valence-corrected chi connectivity index (χ2v) is 22.0. The van der Waals surface area contributed by atoms with E-state index in [2.05, 4.69) is 154 Å². The number of rotatable bonds is 60. The highest BCUT2D eigenvalue weighted by Crippen LogP contribution is 2.15. The summed E-state index contributed by atoms with van der Waals surface area (Å²) in [6.45, 7) is 6.47. The van der Waals surface area contributed by atoms with E-state index < -0.39 is 6.10 Å². The van der Waals surface area contributed by atoms with Gasteiger partial charge in [-0.15, -0.1) is 0 Å². The Balaban J connectivity index is 4.51. The normalized spacial score (nSPS) is 13.0. The van der Waals surface area contributed by atoms with Crippen molar-refractivity contribution in [1.29, 1.82) is 0 Å². The maximum absolute atomic E-state index is 12.9. The molecule has 0 heterocycles. The quantitative estimate of drug-likeness (QED) is 0.0261. The minimum Gasteiger partial charge on any atom is -0.462 e. The first-order valence-corrected chi connectivity index (χ1v) is 33.7. The first-order chi connectivity index (χ1) is 40.0. The van der Waals surface area contributed by atoms with Gasteiger partial charge in [0.25, 0.3) is 0 Å². The van der Waals surface area contributed by atoms with E-state index in [-0.39, 0.29) is 37.5 Å². The molecule has 0 aromatic rings. The van der Waals surface area contributed by atoms with Gasteiger partial charge in [-0.3, -0.25) is 14.4 Å². The predicted octanol–water partition coefficient (Wildman–Crippen LogP) is 23.3. The number of esters is 3. The summed E-state index contributed by atoms with van der Waals surface area (Å²) in [6, 6.07) is 0. The minimum absolute atomic E-state index is 0.105. The molecule has 0 aromatic heterocycles. The summed E-state index contributed by atoms with van der Waals surface area (Å²) in [7, 11) is 0. The van der Waals surface area contributed by atoms with Gasteiger partial charge in [-0.2, -0.15) is 0 Å². The molecule has 0 aliphatic rings. The van der Waals surface area contributed by atoms with E-state index in [1.165, 1.54) is 148 Å². The van der Waals surface area contributed by atoms with E-state index in [0.29, 0.717) is 19.3 Å². The van der Waals surface area contributed by atoms with Crippen LogP contribution in [0.3, 0.4) is 0 Å². The molecular weight excluding hydrogens is 997 g/mol. The molecule has 0 radical (unpaired) electrons. The predicted molar refractivity (Wildman–Crippen MR) is 353 cm³/mol. The van der Waals surface area contributed by atoms with Crippen LogP contribution in [0.4, 0.5) is 0 Å². The third-order valence-corrected chi connectivity index (χ3v) is 14.1. The van der Waals surface area contributed by atoms with E-state index in [1.54, 1.807) is 0 Å². The fourth-order valence-corrected chi connectivity index (χ4v) is 9.08. The molecule has 1 atom stereocenters. The highest BCUT2D eigenvalue weighted by molar-refractivity contribution is 5.71. The van der Waals surface area contributed by atoms with Gasteiger partial charge in [0.15, 0.2) is 6.10 Å². The van der Waals surface area contributed by atoms with Crippen LogP contribution in [-0.4, -0.2) is 37.2 Å². The summed E-state index contributed by atoms with van der Waals surface area (Å²) in [5.41, 5.74) is 0. The zero-order valence-corrected chi connectivity index (χ0v) is 52.8. The van der Waals surface area contributed by atoms with E-state index in [1.807, 2.05) is 0 Å². The van der Waals surface area contributed by atoms with Crippen LogP contribution in [0, 0.1) is 0 Å². The van der Waals surface area contributed by atoms with Crippen molar-refractivity contribution in [2.24, 2.45) is 0 Å².